The smallest absolute Gasteiger partial charge is 0.231 e. The van der Waals surface area contributed by atoms with Gasteiger partial charge in [0.05, 0.1) is 6.42 Å². The molecule has 2 rings (SSSR count). The Balaban J connectivity index is 2.04. The molecule has 3 nitrogen and oxygen atoms in total. The van der Waals surface area contributed by atoms with Crippen molar-refractivity contribution in [3.05, 3.63) is 29.3 Å². The third kappa shape index (κ3) is 2.87. The van der Waals surface area contributed by atoms with Crippen LogP contribution in [0.4, 0.5) is 5.69 Å². The van der Waals surface area contributed by atoms with Gasteiger partial charge in [0.2, 0.25) is 5.91 Å². The highest BCUT2D eigenvalue weighted by molar-refractivity contribution is 7.80. The zero-order valence-electron chi connectivity index (χ0n) is 11.0. The van der Waals surface area contributed by atoms with Gasteiger partial charge in [0.15, 0.2) is 0 Å². The molecule has 0 saturated carbocycles. The van der Waals surface area contributed by atoms with E-state index in [1.807, 2.05) is 7.05 Å². The number of nitrogens with zero attached hydrogens (tertiary/aromatic N) is 2. The Labute approximate surface area is 114 Å². The first-order valence-electron chi connectivity index (χ1n) is 6.29. The standard InChI is InChI=1S/C14H20N2OS/c1-15(6-3-7-18)10-11-4-5-13-12(8-11)9-14(17)16(13)2/h4-5,8,18H,3,6-7,9-10H2,1-2H3. The minimum Gasteiger partial charge on any atom is -0.315 e. The van der Waals surface area contributed by atoms with Crippen molar-refractivity contribution in [2.24, 2.45) is 0 Å². The maximum atomic E-state index is 11.6. The maximum Gasteiger partial charge on any atom is 0.231 e. The number of rotatable bonds is 5. The van der Waals surface area contributed by atoms with Crippen LogP contribution < -0.4 is 4.90 Å². The highest BCUT2D eigenvalue weighted by Gasteiger charge is 2.23. The quantitative estimate of drug-likeness (QED) is 0.822. The summed E-state index contributed by atoms with van der Waals surface area (Å²) >= 11 is 4.22. The molecule has 0 spiro atoms. The first-order valence-corrected chi connectivity index (χ1v) is 6.93. The Morgan fingerprint density at radius 2 is 2.22 bits per heavy atom. The number of benzene rings is 1. The molecule has 0 aromatic heterocycles. The van der Waals surface area contributed by atoms with Gasteiger partial charge in [0.1, 0.15) is 0 Å². The third-order valence-electron chi connectivity index (χ3n) is 3.37. The second-order valence-electron chi connectivity index (χ2n) is 4.91. The van der Waals surface area contributed by atoms with E-state index < -0.39 is 0 Å². The number of amides is 1. The predicted octanol–water partition coefficient (Wildman–Crippen LogP) is 1.96. The zero-order chi connectivity index (χ0) is 13.1. The zero-order valence-corrected chi connectivity index (χ0v) is 11.9. The molecule has 98 valence electrons. The summed E-state index contributed by atoms with van der Waals surface area (Å²) in [4.78, 5) is 15.6. The van der Waals surface area contributed by atoms with Crippen molar-refractivity contribution in [2.45, 2.75) is 19.4 Å². The molecule has 0 N–H and O–H groups in total. The Morgan fingerprint density at radius 3 is 2.94 bits per heavy atom. The molecule has 18 heavy (non-hydrogen) atoms. The molecule has 0 aliphatic carbocycles. The summed E-state index contributed by atoms with van der Waals surface area (Å²) in [6, 6.07) is 6.33. The molecule has 1 amide bonds. The summed E-state index contributed by atoms with van der Waals surface area (Å²) in [7, 11) is 3.96. The van der Waals surface area contributed by atoms with E-state index in [4.69, 9.17) is 0 Å². The summed E-state index contributed by atoms with van der Waals surface area (Å²) in [5, 5.41) is 0. The van der Waals surface area contributed by atoms with Gasteiger partial charge in [0.25, 0.3) is 0 Å². The lowest BCUT2D eigenvalue weighted by Crippen LogP contribution is -2.20. The summed E-state index contributed by atoms with van der Waals surface area (Å²) in [5.41, 5.74) is 3.49. The molecule has 1 aromatic carbocycles. The van der Waals surface area contributed by atoms with Crippen molar-refractivity contribution >= 4 is 24.2 Å². The molecule has 0 unspecified atom stereocenters. The molecule has 1 aromatic rings. The van der Waals surface area contributed by atoms with Gasteiger partial charge >= 0.3 is 0 Å². The largest absolute Gasteiger partial charge is 0.315 e. The second kappa shape index (κ2) is 5.76. The number of hydrogen-bond donors (Lipinski definition) is 1. The molecule has 0 radical (unpaired) electrons. The van der Waals surface area contributed by atoms with Crippen molar-refractivity contribution in [2.75, 3.05) is 31.3 Å². The molecular weight excluding hydrogens is 244 g/mol. The fraction of sp³-hybridized carbons (Fsp3) is 0.500. The number of likely N-dealkylation sites (N-methyl/N-ethyl adjacent to an activating group) is 1. The summed E-state index contributed by atoms with van der Waals surface area (Å²) in [6.45, 7) is 1.98. The normalized spacial score (nSPS) is 14.4. The van der Waals surface area contributed by atoms with Crippen LogP contribution in [0, 0.1) is 0 Å². The fourth-order valence-corrected chi connectivity index (χ4v) is 2.49. The van der Waals surface area contributed by atoms with Crippen LogP contribution >= 0.6 is 12.6 Å². The molecular formula is C14H20N2OS. The van der Waals surface area contributed by atoms with Gasteiger partial charge in [-0.1, -0.05) is 12.1 Å². The van der Waals surface area contributed by atoms with Crippen LogP contribution in [-0.2, 0) is 17.8 Å². The molecule has 1 aliphatic heterocycles. The van der Waals surface area contributed by atoms with E-state index in [0.717, 1.165) is 36.5 Å². The van der Waals surface area contributed by atoms with E-state index in [1.165, 1.54) is 5.56 Å². The van der Waals surface area contributed by atoms with Gasteiger partial charge in [-0.3, -0.25) is 4.79 Å². The third-order valence-corrected chi connectivity index (χ3v) is 3.69. The van der Waals surface area contributed by atoms with Crippen LogP contribution in [0.5, 0.6) is 0 Å². The average molecular weight is 264 g/mol. The lowest BCUT2D eigenvalue weighted by atomic mass is 10.1. The number of carbonyl (C=O) groups excluding carboxylic acids is 1. The molecule has 0 bridgehead atoms. The van der Waals surface area contributed by atoms with Crippen molar-refractivity contribution in [3.63, 3.8) is 0 Å². The lowest BCUT2D eigenvalue weighted by Gasteiger charge is -2.17. The summed E-state index contributed by atoms with van der Waals surface area (Å²) < 4.78 is 0. The summed E-state index contributed by atoms with van der Waals surface area (Å²) in [6.07, 6.45) is 1.64. The Bertz CT molecular complexity index is 447. The first kappa shape index (κ1) is 13.4. The van der Waals surface area contributed by atoms with Crippen molar-refractivity contribution in [1.82, 2.24) is 4.90 Å². The molecule has 1 heterocycles. The average Bonchev–Trinajstić information content (AvgIpc) is 2.62. The van der Waals surface area contributed by atoms with E-state index in [0.29, 0.717) is 6.42 Å². The maximum absolute atomic E-state index is 11.6. The van der Waals surface area contributed by atoms with Crippen LogP contribution in [0.15, 0.2) is 18.2 Å². The number of anilines is 1. The van der Waals surface area contributed by atoms with Crippen LogP contribution in [0.1, 0.15) is 17.5 Å². The number of fused-ring (bicyclic) bond motifs is 1. The highest BCUT2D eigenvalue weighted by atomic mass is 32.1. The van der Waals surface area contributed by atoms with Gasteiger partial charge in [-0.05, 0) is 43.0 Å². The van der Waals surface area contributed by atoms with Crippen LogP contribution in [0.2, 0.25) is 0 Å². The topological polar surface area (TPSA) is 23.6 Å². The Hall–Kier alpha value is -1.00. The SMILES string of the molecule is CN(CCCS)Cc1ccc2c(c1)CC(=O)N2C. The summed E-state index contributed by atoms with van der Waals surface area (Å²) in [5.74, 6) is 1.11. The Kier molecular flexibility index (Phi) is 4.30. The van der Waals surface area contributed by atoms with Crippen molar-refractivity contribution in [1.29, 1.82) is 0 Å². The van der Waals surface area contributed by atoms with Gasteiger partial charge in [-0.2, -0.15) is 12.6 Å². The van der Waals surface area contributed by atoms with Crippen LogP contribution in [0.25, 0.3) is 0 Å². The molecule has 4 heteroatoms. The molecule has 1 aliphatic rings. The predicted molar refractivity (Wildman–Crippen MR) is 78.4 cm³/mol. The van der Waals surface area contributed by atoms with Crippen LogP contribution in [0.3, 0.4) is 0 Å². The molecule has 0 saturated heterocycles. The van der Waals surface area contributed by atoms with Crippen LogP contribution in [-0.4, -0.2) is 37.2 Å². The minimum atomic E-state index is 0.186. The Morgan fingerprint density at radius 1 is 1.44 bits per heavy atom. The lowest BCUT2D eigenvalue weighted by molar-refractivity contribution is -0.117. The molecule has 0 atom stereocenters. The van der Waals surface area contributed by atoms with Crippen molar-refractivity contribution < 1.29 is 4.79 Å². The number of carbonyl (C=O) groups is 1. The van der Waals surface area contributed by atoms with Gasteiger partial charge in [0, 0.05) is 19.3 Å². The van der Waals surface area contributed by atoms with E-state index in [-0.39, 0.29) is 5.91 Å². The highest BCUT2D eigenvalue weighted by Crippen LogP contribution is 2.28. The van der Waals surface area contributed by atoms with E-state index >= 15 is 0 Å². The van der Waals surface area contributed by atoms with E-state index in [1.54, 1.807) is 4.90 Å². The van der Waals surface area contributed by atoms with Crippen molar-refractivity contribution in [3.8, 4) is 0 Å². The first-order chi connectivity index (χ1) is 8.61. The number of thiol groups is 1. The second-order valence-corrected chi connectivity index (χ2v) is 5.35. The monoisotopic (exact) mass is 264 g/mol. The van der Waals surface area contributed by atoms with E-state index in [9.17, 15) is 4.79 Å². The van der Waals surface area contributed by atoms with Gasteiger partial charge < -0.3 is 9.80 Å². The van der Waals surface area contributed by atoms with E-state index in [2.05, 4.69) is 42.8 Å². The van der Waals surface area contributed by atoms with Gasteiger partial charge in [-0.25, -0.2) is 0 Å². The number of hydrogen-bond acceptors (Lipinski definition) is 3. The van der Waals surface area contributed by atoms with Gasteiger partial charge in [-0.15, -0.1) is 0 Å². The minimum absolute atomic E-state index is 0.186. The molecule has 0 fully saturated rings. The fourth-order valence-electron chi connectivity index (χ4n) is 2.35.